The van der Waals surface area contributed by atoms with Crippen LogP contribution in [0.1, 0.15) is 12.0 Å². The van der Waals surface area contributed by atoms with Gasteiger partial charge in [0.2, 0.25) is 0 Å². The zero-order valence-corrected chi connectivity index (χ0v) is 14.2. The van der Waals surface area contributed by atoms with Gasteiger partial charge in [-0.05, 0) is 53.1 Å². The van der Waals surface area contributed by atoms with Crippen molar-refractivity contribution in [2.75, 3.05) is 13.1 Å². The van der Waals surface area contributed by atoms with E-state index < -0.39 is 6.10 Å². The number of thiophene rings is 1. The van der Waals surface area contributed by atoms with Gasteiger partial charge >= 0.3 is 0 Å². The predicted molar refractivity (Wildman–Crippen MR) is 96.4 cm³/mol. The number of pyridine rings is 1. The van der Waals surface area contributed by atoms with Gasteiger partial charge in [0, 0.05) is 31.2 Å². The van der Waals surface area contributed by atoms with Gasteiger partial charge in [0.1, 0.15) is 18.0 Å². The molecule has 1 aliphatic heterocycles. The van der Waals surface area contributed by atoms with Crippen LogP contribution in [0.25, 0.3) is 10.9 Å². The fraction of sp³-hybridized carbons (Fsp3) is 0.316. The number of benzene rings is 1. The van der Waals surface area contributed by atoms with Gasteiger partial charge in [-0.25, -0.2) is 0 Å². The van der Waals surface area contributed by atoms with E-state index in [1.807, 2.05) is 30.3 Å². The number of hydrogen-bond acceptors (Lipinski definition) is 5. The number of likely N-dealkylation sites (tertiary alicyclic amines) is 1. The average molecular weight is 340 g/mol. The molecule has 0 aliphatic carbocycles. The maximum atomic E-state index is 10.5. The molecule has 1 N–H and O–H groups in total. The van der Waals surface area contributed by atoms with Crippen LogP contribution in [-0.2, 0) is 6.54 Å². The molecule has 5 heteroatoms. The third-order valence-electron chi connectivity index (χ3n) is 4.47. The van der Waals surface area contributed by atoms with E-state index in [1.165, 1.54) is 5.56 Å². The summed E-state index contributed by atoms with van der Waals surface area (Å²) in [5.41, 5.74) is 2.23. The molecule has 2 atom stereocenters. The van der Waals surface area contributed by atoms with Gasteiger partial charge in [-0.3, -0.25) is 9.88 Å². The van der Waals surface area contributed by atoms with E-state index >= 15 is 0 Å². The molecule has 3 aromatic rings. The van der Waals surface area contributed by atoms with Crippen molar-refractivity contribution in [3.63, 3.8) is 0 Å². The molecule has 1 saturated heterocycles. The molecule has 0 amide bonds. The van der Waals surface area contributed by atoms with E-state index in [0.717, 1.165) is 36.2 Å². The van der Waals surface area contributed by atoms with Crippen molar-refractivity contribution in [3.8, 4) is 5.75 Å². The standard InChI is InChI=1S/C19H20N2O2S/c22-17-12-21(11-14-7-10-24-13-14)9-6-19(17)23-18-5-1-4-16-15(18)3-2-8-20-16/h1-5,7-8,10,13,17,19,22H,6,9,11-12H2/t17-,19-/m1/s1. The molecule has 0 unspecified atom stereocenters. The van der Waals surface area contributed by atoms with E-state index in [9.17, 15) is 5.11 Å². The number of piperidine rings is 1. The lowest BCUT2D eigenvalue weighted by Gasteiger charge is -2.36. The Kier molecular flexibility index (Phi) is 4.47. The summed E-state index contributed by atoms with van der Waals surface area (Å²) in [4.78, 5) is 6.65. The maximum Gasteiger partial charge on any atom is 0.129 e. The van der Waals surface area contributed by atoms with Crippen molar-refractivity contribution in [3.05, 3.63) is 58.9 Å². The summed E-state index contributed by atoms with van der Waals surface area (Å²) < 4.78 is 6.15. The number of aliphatic hydroxyl groups is 1. The van der Waals surface area contributed by atoms with Gasteiger partial charge in [-0.1, -0.05) is 6.07 Å². The molecule has 1 aromatic carbocycles. The van der Waals surface area contributed by atoms with Crippen LogP contribution in [0.15, 0.2) is 53.4 Å². The molecule has 4 nitrogen and oxygen atoms in total. The Morgan fingerprint density at radius 1 is 1.25 bits per heavy atom. The van der Waals surface area contributed by atoms with E-state index in [2.05, 4.69) is 26.7 Å². The smallest absolute Gasteiger partial charge is 0.129 e. The van der Waals surface area contributed by atoms with E-state index in [-0.39, 0.29) is 6.10 Å². The summed E-state index contributed by atoms with van der Waals surface area (Å²) in [6.45, 7) is 2.47. The lowest BCUT2D eigenvalue weighted by molar-refractivity contribution is -0.0268. The summed E-state index contributed by atoms with van der Waals surface area (Å²) in [5, 5.41) is 15.8. The van der Waals surface area contributed by atoms with Crippen molar-refractivity contribution >= 4 is 22.2 Å². The highest BCUT2D eigenvalue weighted by Crippen LogP contribution is 2.27. The fourth-order valence-electron chi connectivity index (χ4n) is 3.24. The molecule has 3 heterocycles. The number of nitrogens with zero attached hydrogens (tertiary/aromatic N) is 2. The molecule has 0 saturated carbocycles. The molecule has 24 heavy (non-hydrogen) atoms. The summed E-state index contributed by atoms with van der Waals surface area (Å²) in [7, 11) is 0. The highest BCUT2D eigenvalue weighted by atomic mass is 32.1. The van der Waals surface area contributed by atoms with Crippen molar-refractivity contribution in [1.29, 1.82) is 0 Å². The molecular weight excluding hydrogens is 320 g/mol. The Balaban J connectivity index is 1.44. The highest BCUT2D eigenvalue weighted by Gasteiger charge is 2.29. The Morgan fingerprint density at radius 2 is 2.21 bits per heavy atom. The lowest BCUT2D eigenvalue weighted by Crippen LogP contribution is -2.48. The number of rotatable bonds is 4. The molecule has 0 spiro atoms. The second-order valence-electron chi connectivity index (χ2n) is 6.21. The third kappa shape index (κ3) is 3.29. The predicted octanol–water partition coefficient (Wildman–Crippen LogP) is 3.31. The number of hydrogen-bond donors (Lipinski definition) is 1. The Bertz CT molecular complexity index is 801. The summed E-state index contributed by atoms with van der Waals surface area (Å²) in [5.74, 6) is 0.802. The van der Waals surface area contributed by atoms with E-state index in [1.54, 1.807) is 17.5 Å². The highest BCUT2D eigenvalue weighted by molar-refractivity contribution is 7.07. The summed E-state index contributed by atoms with van der Waals surface area (Å²) in [6.07, 6.45) is 1.95. The van der Waals surface area contributed by atoms with E-state index in [0.29, 0.717) is 6.54 Å². The number of fused-ring (bicyclic) bond motifs is 1. The Labute approximate surface area is 145 Å². The first-order valence-electron chi connectivity index (χ1n) is 8.21. The fourth-order valence-corrected chi connectivity index (χ4v) is 3.90. The van der Waals surface area contributed by atoms with Crippen LogP contribution in [0, 0.1) is 0 Å². The van der Waals surface area contributed by atoms with Crippen LogP contribution >= 0.6 is 11.3 Å². The van der Waals surface area contributed by atoms with Gasteiger partial charge in [-0.15, -0.1) is 0 Å². The monoisotopic (exact) mass is 340 g/mol. The van der Waals surface area contributed by atoms with Crippen molar-refractivity contribution in [2.45, 2.75) is 25.2 Å². The summed E-state index contributed by atoms with van der Waals surface area (Å²) in [6, 6.07) is 11.9. The van der Waals surface area contributed by atoms with Crippen molar-refractivity contribution in [1.82, 2.24) is 9.88 Å². The molecule has 124 valence electrons. The molecule has 0 radical (unpaired) electrons. The zero-order chi connectivity index (χ0) is 16.4. The second kappa shape index (κ2) is 6.89. The van der Waals surface area contributed by atoms with Crippen LogP contribution < -0.4 is 4.74 Å². The minimum Gasteiger partial charge on any atom is -0.487 e. The first kappa shape index (κ1) is 15.6. The average Bonchev–Trinajstić information content (AvgIpc) is 3.10. The van der Waals surface area contributed by atoms with Gasteiger partial charge in [-0.2, -0.15) is 11.3 Å². The molecular formula is C19H20N2O2S. The SMILES string of the molecule is O[C@@H]1CN(Cc2ccsc2)CC[C@H]1Oc1cccc2ncccc12. The van der Waals surface area contributed by atoms with Gasteiger partial charge in [0.05, 0.1) is 5.52 Å². The number of aromatic nitrogens is 1. The van der Waals surface area contributed by atoms with Crippen molar-refractivity contribution < 1.29 is 9.84 Å². The molecule has 1 fully saturated rings. The third-order valence-corrected chi connectivity index (χ3v) is 5.21. The van der Waals surface area contributed by atoms with Gasteiger partial charge in [0.15, 0.2) is 0 Å². The maximum absolute atomic E-state index is 10.5. The Hall–Kier alpha value is -1.95. The van der Waals surface area contributed by atoms with Crippen LogP contribution in [0.2, 0.25) is 0 Å². The first-order valence-corrected chi connectivity index (χ1v) is 9.16. The quantitative estimate of drug-likeness (QED) is 0.791. The number of β-amino-alcohol motifs (C(OH)–C–C–N with tert-alkyl or cyclic N) is 1. The minimum atomic E-state index is -0.482. The number of ether oxygens (including phenoxy) is 1. The summed E-state index contributed by atoms with van der Waals surface area (Å²) >= 11 is 1.71. The van der Waals surface area contributed by atoms with Gasteiger partial charge < -0.3 is 9.84 Å². The normalized spacial score (nSPS) is 21.9. The van der Waals surface area contributed by atoms with Crippen LogP contribution in [0.4, 0.5) is 0 Å². The first-order chi connectivity index (χ1) is 11.8. The molecule has 2 aromatic heterocycles. The van der Waals surface area contributed by atoms with Crippen LogP contribution in [0.3, 0.4) is 0 Å². The zero-order valence-electron chi connectivity index (χ0n) is 13.3. The van der Waals surface area contributed by atoms with Crippen molar-refractivity contribution in [2.24, 2.45) is 0 Å². The molecule has 1 aliphatic rings. The Morgan fingerprint density at radius 3 is 3.04 bits per heavy atom. The molecule has 0 bridgehead atoms. The largest absolute Gasteiger partial charge is 0.487 e. The lowest BCUT2D eigenvalue weighted by atomic mass is 10.0. The van der Waals surface area contributed by atoms with Crippen LogP contribution in [-0.4, -0.2) is 40.3 Å². The topological polar surface area (TPSA) is 45.6 Å². The van der Waals surface area contributed by atoms with E-state index in [4.69, 9.17) is 4.74 Å². The van der Waals surface area contributed by atoms with Crippen LogP contribution in [0.5, 0.6) is 5.75 Å². The second-order valence-corrected chi connectivity index (χ2v) is 6.99. The number of aliphatic hydroxyl groups excluding tert-OH is 1. The minimum absolute atomic E-state index is 0.172. The van der Waals surface area contributed by atoms with Gasteiger partial charge in [0.25, 0.3) is 0 Å². The molecule has 4 rings (SSSR count).